The lowest BCUT2D eigenvalue weighted by molar-refractivity contribution is -0.121. The van der Waals surface area contributed by atoms with E-state index in [1.165, 1.54) is 10.9 Å². The molecule has 0 unspecified atom stereocenters. The predicted molar refractivity (Wildman–Crippen MR) is 108 cm³/mol. The molecule has 0 saturated carbocycles. The molecule has 140 valence electrons. The number of para-hydroxylation sites is 2. The van der Waals surface area contributed by atoms with Crippen molar-refractivity contribution >= 4 is 22.5 Å². The molecular weight excluding hydrogens is 340 g/mol. The number of fused-ring (bicyclic) bond motifs is 1. The highest BCUT2D eigenvalue weighted by Gasteiger charge is 2.08. The van der Waals surface area contributed by atoms with E-state index in [9.17, 15) is 9.59 Å². The van der Waals surface area contributed by atoms with Crippen LogP contribution in [0.25, 0.3) is 10.9 Å². The van der Waals surface area contributed by atoms with Crippen molar-refractivity contribution in [1.29, 1.82) is 0 Å². The topological polar surface area (TPSA) is 67.2 Å². The molecule has 3 aromatic rings. The minimum absolute atomic E-state index is 0.0762. The molecule has 27 heavy (non-hydrogen) atoms. The number of aromatic nitrogens is 2. The monoisotopic (exact) mass is 364 g/mol. The van der Waals surface area contributed by atoms with E-state index in [0.717, 1.165) is 11.3 Å². The quantitative estimate of drug-likeness (QED) is 0.699. The minimum atomic E-state index is -0.111. The van der Waals surface area contributed by atoms with Crippen LogP contribution in [0, 0.1) is 6.92 Å². The summed E-state index contributed by atoms with van der Waals surface area (Å²) in [7, 11) is 1.99. The zero-order valence-corrected chi connectivity index (χ0v) is 15.7. The summed E-state index contributed by atoms with van der Waals surface area (Å²) in [4.78, 5) is 31.1. The summed E-state index contributed by atoms with van der Waals surface area (Å²) in [5.41, 5.74) is 2.68. The van der Waals surface area contributed by atoms with Gasteiger partial charge in [-0.2, -0.15) is 0 Å². The van der Waals surface area contributed by atoms with Gasteiger partial charge in [0.2, 0.25) is 5.91 Å². The van der Waals surface area contributed by atoms with Crippen LogP contribution in [0.5, 0.6) is 0 Å². The maximum absolute atomic E-state index is 12.5. The molecule has 0 aliphatic heterocycles. The number of hydrogen-bond donors (Lipinski definition) is 1. The first-order valence-electron chi connectivity index (χ1n) is 9.04. The highest BCUT2D eigenvalue weighted by Crippen LogP contribution is 2.11. The van der Waals surface area contributed by atoms with E-state index in [0.29, 0.717) is 30.5 Å². The zero-order valence-electron chi connectivity index (χ0n) is 15.7. The maximum atomic E-state index is 12.5. The fourth-order valence-corrected chi connectivity index (χ4v) is 2.98. The second-order valence-electron chi connectivity index (χ2n) is 6.57. The molecular formula is C21H24N4O2. The van der Waals surface area contributed by atoms with Gasteiger partial charge in [-0.05, 0) is 30.7 Å². The number of rotatable bonds is 7. The average molecular weight is 364 g/mol. The number of anilines is 1. The third-order valence-electron chi connectivity index (χ3n) is 4.60. The van der Waals surface area contributed by atoms with Crippen LogP contribution < -0.4 is 15.8 Å². The van der Waals surface area contributed by atoms with Crippen molar-refractivity contribution < 1.29 is 4.79 Å². The van der Waals surface area contributed by atoms with Crippen molar-refractivity contribution in [1.82, 2.24) is 14.9 Å². The Balaban J connectivity index is 1.51. The van der Waals surface area contributed by atoms with Gasteiger partial charge in [0.1, 0.15) is 0 Å². The number of hydrogen-bond acceptors (Lipinski definition) is 4. The Morgan fingerprint density at radius 1 is 1.15 bits per heavy atom. The number of likely N-dealkylation sites (N-methyl/N-ethyl adjacent to an activating group) is 1. The largest absolute Gasteiger partial charge is 0.373 e. The normalized spacial score (nSPS) is 10.7. The molecule has 6 nitrogen and oxygen atoms in total. The van der Waals surface area contributed by atoms with Crippen LogP contribution in [-0.2, 0) is 11.3 Å². The molecule has 0 atom stereocenters. The molecule has 0 bridgehead atoms. The van der Waals surface area contributed by atoms with Crippen LogP contribution in [0.3, 0.4) is 0 Å². The number of nitrogens with zero attached hydrogens (tertiary/aromatic N) is 3. The SMILES string of the molecule is Cc1cccc2c(=O)n(CCC(=O)NCCN(C)c3ccccc3)cnc12. The molecule has 1 amide bonds. The summed E-state index contributed by atoms with van der Waals surface area (Å²) in [6.45, 7) is 3.51. The fourth-order valence-electron chi connectivity index (χ4n) is 2.98. The number of aryl methyl sites for hydroxylation is 2. The molecule has 0 aliphatic rings. The van der Waals surface area contributed by atoms with Gasteiger partial charge in [0.25, 0.3) is 5.56 Å². The van der Waals surface area contributed by atoms with Gasteiger partial charge in [0.15, 0.2) is 0 Å². The summed E-state index contributed by atoms with van der Waals surface area (Å²) >= 11 is 0. The summed E-state index contributed by atoms with van der Waals surface area (Å²) in [6.07, 6.45) is 1.77. The summed E-state index contributed by atoms with van der Waals surface area (Å²) in [6, 6.07) is 15.6. The van der Waals surface area contributed by atoms with Crippen molar-refractivity contribution in [2.24, 2.45) is 0 Å². The van der Waals surface area contributed by atoms with Gasteiger partial charge in [-0.25, -0.2) is 4.98 Å². The summed E-state index contributed by atoms with van der Waals surface area (Å²) in [5, 5.41) is 3.49. The van der Waals surface area contributed by atoms with E-state index in [-0.39, 0.29) is 17.9 Å². The predicted octanol–water partition coefficient (Wildman–Crippen LogP) is 2.35. The molecule has 0 fully saturated rings. The Kier molecular flexibility index (Phi) is 5.86. The van der Waals surface area contributed by atoms with Crippen LogP contribution in [-0.4, -0.2) is 35.6 Å². The Bertz CT molecular complexity index is 982. The van der Waals surface area contributed by atoms with Crippen molar-refractivity contribution in [2.75, 3.05) is 25.0 Å². The molecule has 0 saturated heterocycles. The Labute approximate surface area is 158 Å². The fraction of sp³-hybridized carbons (Fsp3) is 0.286. The Hall–Kier alpha value is -3.15. The smallest absolute Gasteiger partial charge is 0.261 e. The number of carbonyl (C=O) groups excluding carboxylic acids is 1. The second kappa shape index (κ2) is 8.49. The Morgan fingerprint density at radius 3 is 2.70 bits per heavy atom. The van der Waals surface area contributed by atoms with Crippen LogP contribution in [0.2, 0.25) is 0 Å². The van der Waals surface area contributed by atoms with Crippen LogP contribution in [0.1, 0.15) is 12.0 Å². The molecule has 1 N–H and O–H groups in total. The highest BCUT2D eigenvalue weighted by molar-refractivity contribution is 5.80. The van der Waals surface area contributed by atoms with Gasteiger partial charge in [0, 0.05) is 38.8 Å². The molecule has 1 heterocycles. The van der Waals surface area contributed by atoms with E-state index in [1.54, 1.807) is 6.07 Å². The van der Waals surface area contributed by atoms with E-state index in [4.69, 9.17) is 0 Å². The van der Waals surface area contributed by atoms with Crippen molar-refractivity contribution in [3.63, 3.8) is 0 Å². The van der Waals surface area contributed by atoms with Gasteiger partial charge in [0.05, 0.1) is 17.2 Å². The molecule has 2 aromatic carbocycles. The van der Waals surface area contributed by atoms with Crippen molar-refractivity contribution in [3.05, 3.63) is 70.8 Å². The van der Waals surface area contributed by atoms with Crippen molar-refractivity contribution in [2.45, 2.75) is 19.9 Å². The third kappa shape index (κ3) is 4.53. The molecule has 6 heteroatoms. The van der Waals surface area contributed by atoms with Gasteiger partial charge < -0.3 is 10.2 Å². The number of benzene rings is 2. The van der Waals surface area contributed by atoms with Crippen molar-refractivity contribution in [3.8, 4) is 0 Å². The highest BCUT2D eigenvalue weighted by atomic mass is 16.1. The summed E-state index contributed by atoms with van der Waals surface area (Å²) in [5.74, 6) is -0.0762. The third-order valence-corrected chi connectivity index (χ3v) is 4.60. The molecule has 3 rings (SSSR count). The van der Waals surface area contributed by atoms with E-state index in [2.05, 4.69) is 15.2 Å². The van der Waals surface area contributed by atoms with E-state index in [1.807, 2.05) is 56.4 Å². The van der Waals surface area contributed by atoms with Crippen LogP contribution in [0.15, 0.2) is 59.7 Å². The zero-order chi connectivity index (χ0) is 19.2. The number of amides is 1. The van der Waals surface area contributed by atoms with Crippen LogP contribution in [0.4, 0.5) is 5.69 Å². The molecule has 0 radical (unpaired) electrons. The van der Waals surface area contributed by atoms with Gasteiger partial charge in [-0.3, -0.25) is 14.2 Å². The first-order chi connectivity index (χ1) is 13.1. The first-order valence-corrected chi connectivity index (χ1v) is 9.04. The van der Waals surface area contributed by atoms with E-state index < -0.39 is 0 Å². The lowest BCUT2D eigenvalue weighted by Gasteiger charge is -2.19. The lowest BCUT2D eigenvalue weighted by atomic mass is 10.1. The lowest BCUT2D eigenvalue weighted by Crippen LogP contribution is -2.34. The molecule has 1 aromatic heterocycles. The average Bonchev–Trinajstić information content (AvgIpc) is 2.68. The molecule has 0 aliphatic carbocycles. The van der Waals surface area contributed by atoms with Gasteiger partial charge in [-0.1, -0.05) is 30.3 Å². The standard InChI is InChI=1S/C21H24N4O2/c1-16-7-6-10-18-20(16)23-15-25(21(18)27)13-11-19(26)22-12-14-24(2)17-8-4-3-5-9-17/h3-10,15H,11-14H2,1-2H3,(H,22,26). The Morgan fingerprint density at radius 2 is 1.93 bits per heavy atom. The first kappa shape index (κ1) is 18.6. The van der Waals surface area contributed by atoms with E-state index >= 15 is 0 Å². The van der Waals surface area contributed by atoms with Gasteiger partial charge in [-0.15, -0.1) is 0 Å². The second-order valence-corrected chi connectivity index (χ2v) is 6.57. The van der Waals surface area contributed by atoms with Gasteiger partial charge >= 0.3 is 0 Å². The number of carbonyl (C=O) groups is 1. The number of nitrogens with one attached hydrogen (secondary N) is 1. The molecule has 0 spiro atoms. The summed E-state index contributed by atoms with van der Waals surface area (Å²) < 4.78 is 1.50. The minimum Gasteiger partial charge on any atom is -0.373 e. The van der Waals surface area contributed by atoms with Crippen LogP contribution >= 0.6 is 0 Å². The maximum Gasteiger partial charge on any atom is 0.261 e.